The van der Waals surface area contributed by atoms with Crippen LogP contribution in [0.2, 0.25) is 0 Å². The van der Waals surface area contributed by atoms with E-state index in [1.807, 2.05) is 11.6 Å². The second-order valence-corrected chi connectivity index (χ2v) is 3.31. The third kappa shape index (κ3) is 1.85. The van der Waals surface area contributed by atoms with Gasteiger partial charge in [0.1, 0.15) is 0 Å². The monoisotopic (exact) mass is 168 g/mol. The Labute approximate surface area is 73.0 Å². The molecule has 1 rings (SSSR count). The number of aliphatic hydroxyl groups excluding tert-OH is 1. The molecule has 0 unspecified atom stereocenters. The van der Waals surface area contributed by atoms with Crippen LogP contribution in [-0.4, -0.2) is 21.5 Å². The van der Waals surface area contributed by atoms with Crippen molar-refractivity contribution in [2.24, 2.45) is 0 Å². The number of nitrogens with zero attached hydrogens (tertiary/aromatic N) is 2. The van der Waals surface area contributed by atoms with Crippen molar-refractivity contribution in [3.8, 4) is 0 Å². The topological polar surface area (TPSA) is 38.0 Å². The summed E-state index contributed by atoms with van der Waals surface area (Å²) in [6.07, 6.45) is 0. The van der Waals surface area contributed by atoms with E-state index in [-0.39, 0.29) is 6.61 Å². The van der Waals surface area contributed by atoms with Crippen LogP contribution in [0.25, 0.3) is 0 Å². The summed E-state index contributed by atoms with van der Waals surface area (Å²) >= 11 is 0. The van der Waals surface area contributed by atoms with Gasteiger partial charge in [-0.15, -0.1) is 0 Å². The fraction of sp³-hybridized carbons (Fsp3) is 0.667. The predicted molar refractivity (Wildman–Crippen MR) is 48.1 cm³/mol. The highest BCUT2D eigenvalue weighted by molar-refractivity contribution is 5.12. The number of aliphatic hydroxyl groups is 1. The van der Waals surface area contributed by atoms with Gasteiger partial charge in [-0.3, -0.25) is 4.68 Å². The molecule has 0 aliphatic heterocycles. The first kappa shape index (κ1) is 9.26. The molecular weight excluding hydrogens is 152 g/mol. The summed E-state index contributed by atoms with van der Waals surface area (Å²) in [4.78, 5) is 0. The number of hydrogen-bond donors (Lipinski definition) is 1. The largest absolute Gasteiger partial charge is 0.394 e. The predicted octanol–water partition coefficient (Wildman–Crippen LogP) is 1.31. The van der Waals surface area contributed by atoms with Gasteiger partial charge in [-0.1, -0.05) is 13.8 Å². The van der Waals surface area contributed by atoms with Crippen molar-refractivity contribution in [3.63, 3.8) is 0 Å². The van der Waals surface area contributed by atoms with Gasteiger partial charge in [0.25, 0.3) is 0 Å². The number of rotatable bonds is 3. The fourth-order valence-electron chi connectivity index (χ4n) is 1.30. The van der Waals surface area contributed by atoms with Gasteiger partial charge in [0.2, 0.25) is 0 Å². The standard InChI is InChI=1S/C9H16N2O/c1-7(2)9-6-8(3)10-11(9)4-5-12/h6-7,12H,4-5H2,1-3H3. The summed E-state index contributed by atoms with van der Waals surface area (Å²) in [6.45, 7) is 6.98. The molecular formula is C9H16N2O. The molecule has 0 aliphatic carbocycles. The molecule has 0 atom stereocenters. The normalized spacial score (nSPS) is 11.1. The fourth-order valence-corrected chi connectivity index (χ4v) is 1.30. The molecule has 0 aromatic carbocycles. The number of hydrogen-bond acceptors (Lipinski definition) is 2. The lowest BCUT2D eigenvalue weighted by molar-refractivity contribution is 0.266. The highest BCUT2D eigenvalue weighted by Gasteiger charge is 2.07. The Kier molecular flexibility index (Phi) is 2.87. The lowest BCUT2D eigenvalue weighted by atomic mass is 10.1. The van der Waals surface area contributed by atoms with Crippen LogP contribution < -0.4 is 0 Å². The van der Waals surface area contributed by atoms with Gasteiger partial charge in [-0.2, -0.15) is 5.10 Å². The Morgan fingerprint density at radius 1 is 1.58 bits per heavy atom. The molecule has 3 heteroatoms. The van der Waals surface area contributed by atoms with Gasteiger partial charge in [0.05, 0.1) is 18.8 Å². The lowest BCUT2D eigenvalue weighted by Gasteiger charge is -2.07. The van der Waals surface area contributed by atoms with Gasteiger partial charge >= 0.3 is 0 Å². The molecule has 68 valence electrons. The van der Waals surface area contributed by atoms with Crippen molar-refractivity contribution >= 4 is 0 Å². The van der Waals surface area contributed by atoms with Crippen LogP contribution in [-0.2, 0) is 6.54 Å². The van der Waals surface area contributed by atoms with Gasteiger partial charge in [-0.25, -0.2) is 0 Å². The summed E-state index contributed by atoms with van der Waals surface area (Å²) in [5.74, 6) is 0.470. The van der Waals surface area contributed by atoms with Crippen LogP contribution in [0.5, 0.6) is 0 Å². The van der Waals surface area contributed by atoms with Crippen LogP contribution >= 0.6 is 0 Å². The molecule has 12 heavy (non-hydrogen) atoms. The second kappa shape index (κ2) is 3.72. The Morgan fingerprint density at radius 2 is 2.25 bits per heavy atom. The molecule has 1 aromatic rings. The molecule has 0 saturated heterocycles. The van der Waals surface area contributed by atoms with Gasteiger partial charge < -0.3 is 5.11 Å². The third-order valence-corrected chi connectivity index (χ3v) is 1.84. The first-order valence-corrected chi connectivity index (χ1v) is 4.30. The zero-order valence-electron chi connectivity index (χ0n) is 7.91. The maximum Gasteiger partial charge on any atom is 0.0644 e. The molecule has 0 radical (unpaired) electrons. The molecule has 0 aliphatic rings. The Morgan fingerprint density at radius 3 is 2.75 bits per heavy atom. The molecule has 0 amide bonds. The average Bonchev–Trinajstić information content (AvgIpc) is 2.32. The van der Waals surface area contributed by atoms with Crippen molar-refractivity contribution in [2.75, 3.05) is 6.61 Å². The van der Waals surface area contributed by atoms with Crippen molar-refractivity contribution in [2.45, 2.75) is 33.2 Å². The molecule has 3 nitrogen and oxygen atoms in total. The van der Waals surface area contributed by atoms with E-state index in [0.29, 0.717) is 12.5 Å². The van der Waals surface area contributed by atoms with E-state index in [4.69, 9.17) is 5.11 Å². The average molecular weight is 168 g/mol. The lowest BCUT2D eigenvalue weighted by Crippen LogP contribution is -2.08. The van der Waals surface area contributed by atoms with E-state index in [0.717, 1.165) is 5.69 Å². The van der Waals surface area contributed by atoms with Gasteiger partial charge in [0, 0.05) is 5.69 Å². The quantitative estimate of drug-likeness (QED) is 0.739. The molecule has 0 saturated carbocycles. The minimum absolute atomic E-state index is 0.154. The second-order valence-electron chi connectivity index (χ2n) is 3.31. The van der Waals surface area contributed by atoms with Crippen molar-refractivity contribution < 1.29 is 5.11 Å². The Balaban J connectivity index is 2.92. The van der Waals surface area contributed by atoms with Crippen molar-refractivity contribution in [1.29, 1.82) is 0 Å². The van der Waals surface area contributed by atoms with Crippen LogP contribution in [0.15, 0.2) is 6.07 Å². The SMILES string of the molecule is Cc1cc(C(C)C)n(CCO)n1. The summed E-state index contributed by atoms with van der Waals surface area (Å²) in [7, 11) is 0. The van der Waals surface area contributed by atoms with E-state index in [1.165, 1.54) is 5.69 Å². The zero-order chi connectivity index (χ0) is 9.14. The smallest absolute Gasteiger partial charge is 0.0644 e. The summed E-state index contributed by atoms with van der Waals surface area (Å²) in [5, 5.41) is 13.1. The van der Waals surface area contributed by atoms with Crippen LogP contribution in [0.3, 0.4) is 0 Å². The molecule has 1 N–H and O–H groups in total. The first-order valence-electron chi connectivity index (χ1n) is 4.30. The molecule has 1 aromatic heterocycles. The van der Waals surface area contributed by atoms with Crippen LogP contribution in [0.4, 0.5) is 0 Å². The maximum atomic E-state index is 8.77. The highest BCUT2D eigenvalue weighted by Crippen LogP contribution is 2.14. The zero-order valence-corrected chi connectivity index (χ0v) is 7.91. The van der Waals surface area contributed by atoms with E-state index in [1.54, 1.807) is 0 Å². The summed E-state index contributed by atoms with van der Waals surface area (Å²) in [6, 6.07) is 2.07. The molecule has 0 spiro atoms. The molecule has 0 bridgehead atoms. The van der Waals surface area contributed by atoms with E-state index >= 15 is 0 Å². The Hall–Kier alpha value is -0.830. The minimum atomic E-state index is 0.154. The Bertz CT molecular complexity index is 253. The van der Waals surface area contributed by atoms with Crippen molar-refractivity contribution in [1.82, 2.24) is 9.78 Å². The molecule has 1 heterocycles. The number of aryl methyl sites for hydroxylation is 1. The molecule has 0 fully saturated rings. The highest BCUT2D eigenvalue weighted by atomic mass is 16.3. The van der Waals surface area contributed by atoms with E-state index in [2.05, 4.69) is 25.0 Å². The van der Waals surface area contributed by atoms with E-state index in [9.17, 15) is 0 Å². The minimum Gasteiger partial charge on any atom is -0.394 e. The summed E-state index contributed by atoms with van der Waals surface area (Å²) < 4.78 is 1.88. The number of aromatic nitrogens is 2. The van der Waals surface area contributed by atoms with Crippen molar-refractivity contribution in [3.05, 3.63) is 17.5 Å². The van der Waals surface area contributed by atoms with Crippen LogP contribution in [0.1, 0.15) is 31.2 Å². The maximum absolute atomic E-state index is 8.77. The van der Waals surface area contributed by atoms with Gasteiger partial charge in [-0.05, 0) is 18.9 Å². The van der Waals surface area contributed by atoms with Crippen LogP contribution in [0, 0.1) is 6.92 Å². The first-order chi connectivity index (χ1) is 5.65. The third-order valence-electron chi connectivity index (χ3n) is 1.84. The van der Waals surface area contributed by atoms with Gasteiger partial charge in [0.15, 0.2) is 0 Å². The summed E-state index contributed by atoms with van der Waals surface area (Å²) in [5.41, 5.74) is 2.22. The van der Waals surface area contributed by atoms with E-state index < -0.39 is 0 Å².